The lowest BCUT2D eigenvalue weighted by atomic mass is 10.0. The number of ketones is 1. The van der Waals surface area contributed by atoms with Crippen LogP contribution in [0.2, 0.25) is 5.02 Å². The third kappa shape index (κ3) is 2.01. The number of carbonyl (C=O) groups is 1. The summed E-state index contributed by atoms with van der Waals surface area (Å²) in [6.45, 7) is 8.71. The standard InChI is InChI=1S/C15H19ClO/c1-14(2)13(15(14,3)4)12(17)9-10-5-7-11(16)8-6-10/h5-8,13H,9H2,1-4H3. The van der Waals surface area contributed by atoms with Gasteiger partial charge in [0, 0.05) is 17.4 Å². The van der Waals surface area contributed by atoms with Crippen LogP contribution in [0, 0.1) is 16.7 Å². The SMILES string of the molecule is CC1(C)C(C(=O)Cc2ccc(Cl)cc2)C1(C)C. The fraction of sp³-hybridized carbons (Fsp3) is 0.533. The van der Waals surface area contributed by atoms with Gasteiger partial charge < -0.3 is 0 Å². The summed E-state index contributed by atoms with van der Waals surface area (Å²) in [5, 5.41) is 0.716. The number of hydrogen-bond donors (Lipinski definition) is 0. The summed E-state index contributed by atoms with van der Waals surface area (Å²) in [7, 11) is 0. The van der Waals surface area contributed by atoms with E-state index < -0.39 is 0 Å². The maximum absolute atomic E-state index is 12.3. The van der Waals surface area contributed by atoms with Crippen LogP contribution in [0.25, 0.3) is 0 Å². The highest BCUT2D eigenvalue weighted by Gasteiger charge is 2.67. The van der Waals surface area contributed by atoms with Crippen LogP contribution in [0.4, 0.5) is 0 Å². The van der Waals surface area contributed by atoms with E-state index in [1.807, 2.05) is 24.3 Å². The Kier molecular flexibility index (Phi) is 2.86. The Morgan fingerprint density at radius 1 is 1.12 bits per heavy atom. The van der Waals surface area contributed by atoms with Crippen molar-refractivity contribution in [3.63, 3.8) is 0 Å². The monoisotopic (exact) mass is 250 g/mol. The van der Waals surface area contributed by atoms with Gasteiger partial charge in [-0.05, 0) is 28.5 Å². The van der Waals surface area contributed by atoms with Crippen LogP contribution in [0.1, 0.15) is 33.3 Å². The molecular formula is C15H19ClO. The zero-order valence-corrected chi connectivity index (χ0v) is 11.6. The number of carbonyl (C=O) groups excluding carboxylic acids is 1. The van der Waals surface area contributed by atoms with Crippen LogP contribution >= 0.6 is 11.6 Å². The molecule has 1 aromatic rings. The summed E-state index contributed by atoms with van der Waals surface area (Å²) < 4.78 is 0. The van der Waals surface area contributed by atoms with Gasteiger partial charge in [-0.1, -0.05) is 51.4 Å². The molecule has 0 bridgehead atoms. The summed E-state index contributed by atoms with van der Waals surface area (Å²) in [5.74, 6) is 0.535. The van der Waals surface area contributed by atoms with Crippen LogP contribution < -0.4 is 0 Å². The molecule has 0 aliphatic heterocycles. The summed E-state index contributed by atoms with van der Waals surface area (Å²) in [6.07, 6.45) is 0.523. The predicted molar refractivity (Wildman–Crippen MR) is 71.2 cm³/mol. The number of benzene rings is 1. The van der Waals surface area contributed by atoms with Gasteiger partial charge in [0.05, 0.1) is 0 Å². The van der Waals surface area contributed by atoms with Crippen LogP contribution in [0.3, 0.4) is 0 Å². The number of hydrogen-bond acceptors (Lipinski definition) is 1. The van der Waals surface area contributed by atoms with Crippen molar-refractivity contribution in [1.82, 2.24) is 0 Å². The lowest BCUT2D eigenvalue weighted by molar-refractivity contribution is -0.120. The fourth-order valence-electron chi connectivity index (χ4n) is 2.91. The van der Waals surface area contributed by atoms with Crippen LogP contribution in [-0.2, 0) is 11.2 Å². The van der Waals surface area contributed by atoms with Gasteiger partial charge in [-0.25, -0.2) is 0 Å². The Balaban J connectivity index is 2.07. The van der Waals surface area contributed by atoms with E-state index in [4.69, 9.17) is 11.6 Å². The number of Topliss-reactive ketones (excluding diaryl/α,β-unsaturated/α-hetero) is 1. The van der Waals surface area contributed by atoms with Crippen LogP contribution in [-0.4, -0.2) is 5.78 Å². The minimum atomic E-state index is 0.135. The highest BCUT2D eigenvalue weighted by Crippen LogP contribution is 2.68. The van der Waals surface area contributed by atoms with Crippen molar-refractivity contribution in [3.05, 3.63) is 34.9 Å². The summed E-state index contributed by atoms with van der Waals surface area (Å²) in [6, 6.07) is 7.55. The molecule has 0 aromatic heterocycles. The van der Waals surface area contributed by atoms with Crippen LogP contribution in [0.5, 0.6) is 0 Å². The van der Waals surface area contributed by atoms with Crippen molar-refractivity contribution >= 4 is 17.4 Å². The lowest BCUT2D eigenvalue weighted by Gasteiger charge is -2.03. The van der Waals surface area contributed by atoms with Crippen molar-refractivity contribution in [1.29, 1.82) is 0 Å². The maximum Gasteiger partial charge on any atom is 0.141 e. The molecule has 0 atom stereocenters. The Labute approximate surface area is 108 Å². The van der Waals surface area contributed by atoms with Crippen molar-refractivity contribution in [3.8, 4) is 0 Å². The molecule has 0 spiro atoms. The van der Waals surface area contributed by atoms with E-state index in [2.05, 4.69) is 27.7 Å². The largest absolute Gasteiger partial charge is 0.299 e. The maximum atomic E-state index is 12.3. The van der Waals surface area contributed by atoms with Gasteiger partial charge in [-0.2, -0.15) is 0 Å². The zero-order valence-electron chi connectivity index (χ0n) is 10.9. The van der Waals surface area contributed by atoms with E-state index in [0.29, 0.717) is 17.2 Å². The molecule has 0 unspecified atom stereocenters. The summed E-state index contributed by atoms with van der Waals surface area (Å²) in [5.41, 5.74) is 1.32. The first-order chi connectivity index (χ1) is 7.76. The fourth-order valence-corrected chi connectivity index (χ4v) is 3.03. The molecule has 0 N–H and O–H groups in total. The van der Waals surface area contributed by atoms with Gasteiger partial charge in [0.15, 0.2) is 0 Å². The normalized spacial score (nSPS) is 21.2. The summed E-state index contributed by atoms with van der Waals surface area (Å²) in [4.78, 5) is 12.3. The second kappa shape index (κ2) is 3.84. The molecule has 17 heavy (non-hydrogen) atoms. The molecule has 92 valence electrons. The smallest absolute Gasteiger partial charge is 0.141 e. The minimum Gasteiger partial charge on any atom is -0.299 e. The molecule has 1 saturated carbocycles. The first kappa shape index (κ1) is 12.6. The van der Waals surface area contributed by atoms with E-state index in [0.717, 1.165) is 5.56 Å². The first-order valence-electron chi connectivity index (χ1n) is 6.04. The third-order valence-electron chi connectivity index (χ3n) is 4.63. The Bertz CT molecular complexity index is 428. The van der Waals surface area contributed by atoms with Gasteiger partial charge in [0.25, 0.3) is 0 Å². The molecule has 0 radical (unpaired) electrons. The average molecular weight is 251 g/mol. The Hall–Kier alpha value is -0.820. The molecule has 0 heterocycles. The molecule has 1 aliphatic carbocycles. The molecule has 2 rings (SSSR count). The lowest BCUT2D eigenvalue weighted by Crippen LogP contribution is -2.10. The Morgan fingerprint density at radius 2 is 1.59 bits per heavy atom. The van der Waals surface area contributed by atoms with Gasteiger partial charge in [-0.3, -0.25) is 4.79 Å². The predicted octanol–water partition coefficient (Wildman–Crippen LogP) is 4.13. The second-order valence-corrected chi connectivity index (χ2v) is 6.58. The number of rotatable bonds is 3. The molecule has 1 nitrogen and oxygen atoms in total. The third-order valence-corrected chi connectivity index (χ3v) is 4.89. The molecule has 1 aromatic carbocycles. The van der Waals surface area contributed by atoms with Crippen molar-refractivity contribution < 1.29 is 4.79 Å². The van der Waals surface area contributed by atoms with Crippen molar-refractivity contribution in [2.75, 3.05) is 0 Å². The van der Waals surface area contributed by atoms with E-state index in [1.165, 1.54) is 0 Å². The molecule has 1 fully saturated rings. The number of halogens is 1. The van der Waals surface area contributed by atoms with E-state index in [9.17, 15) is 4.79 Å². The van der Waals surface area contributed by atoms with Gasteiger partial charge >= 0.3 is 0 Å². The molecule has 2 heteroatoms. The van der Waals surface area contributed by atoms with Crippen LogP contribution in [0.15, 0.2) is 24.3 Å². The molecule has 0 amide bonds. The molecule has 0 saturated heterocycles. The van der Waals surface area contributed by atoms with Gasteiger partial charge in [0.1, 0.15) is 5.78 Å². The highest BCUT2D eigenvalue weighted by atomic mass is 35.5. The van der Waals surface area contributed by atoms with Gasteiger partial charge in [0.2, 0.25) is 0 Å². The topological polar surface area (TPSA) is 17.1 Å². The minimum absolute atomic E-state index is 0.135. The van der Waals surface area contributed by atoms with Gasteiger partial charge in [-0.15, -0.1) is 0 Å². The highest BCUT2D eigenvalue weighted by molar-refractivity contribution is 6.30. The van der Waals surface area contributed by atoms with E-state index >= 15 is 0 Å². The van der Waals surface area contributed by atoms with Crippen molar-refractivity contribution in [2.45, 2.75) is 34.1 Å². The van der Waals surface area contributed by atoms with E-state index in [-0.39, 0.29) is 16.7 Å². The zero-order chi connectivity index (χ0) is 12.8. The molecular weight excluding hydrogens is 232 g/mol. The summed E-state index contributed by atoms with van der Waals surface area (Å²) >= 11 is 5.83. The Morgan fingerprint density at radius 3 is 2.00 bits per heavy atom. The second-order valence-electron chi connectivity index (χ2n) is 6.15. The average Bonchev–Trinajstić information content (AvgIpc) is 2.61. The first-order valence-corrected chi connectivity index (χ1v) is 6.42. The molecule has 1 aliphatic rings. The van der Waals surface area contributed by atoms with Crippen molar-refractivity contribution in [2.24, 2.45) is 16.7 Å². The van der Waals surface area contributed by atoms with E-state index in [1.54, 1.807) is 0 Å². The quantitative estimate of drug-likeness (QED) is 0.788.